The summed E-state index contributed by atoms with van der Waals surface area (Å²) in [5, 5.41) is 8.62. The fraction of sp³-hybridized carbons (Fsp3) is 0.400. The van der Waals surface area contributed by atoms with Crippen LogP contribution >= 0.6 is 0 Å². The number of aromatic nitrogens is 3. The summed E-state index contributed by atoms with van der Waals surface area (Å²) in [6.45, 7) is 13.6. The maximum absolute atomic E-state index is 5.19. The number of benzene rings is 1. The van der Waals surface area contributed by atoms with Gasteiger partial charge in [0.25, 0.3) is 0 Å². The Balaban J connectivity index is 0.00000294. The van der Waals surface area contributed by atoms with E-state index in [0.717, 1.165) is 63.1 Å². The largest absolute Gasteiger partial charge is 2.00 e. The van der Waals surface area contributed by atoms with Gasteiger partial charge < -0.3 is 33.1 Å². The van der Waals surface area contributed by atoms with Crippen LogP contribution in [0.4, 0.5) is 11.5 Å². The number of hydrogen-bond acceptors (Lipinski definition) is 6. The summed E-state index contributed by atoms with van der Waals surface area (Å²) in [7, 11) is 1.97. The van der Waals surface area contributed by atoms with Gasteiger partial charge in [0.05, 0.1) is 6.20 Å². The minimum Gasteiger partial charge on any atom is -0.370 e. The van der Waals surface area contributed by atoms with Crippen LogP contribution in [-0.4, -0.2) is 51.6 Å². The first-order chi connectivity index (χ1) is 18.1. The number of nitrogens with zero attached hydrogens (tertiary/aromatic N) is 6. The summed E-state index contributed by atoms with van der Waals surface area (Å²) in [5.74, 6) is 0.905. The molecule has 0 unspecified atom stereocenters. The molecular formula is C30H36N6OU. The number of hydrogen-bond donors (Lipinski definition) is 0. The van der Waals surface area contributed by atoms with E-state index in [0.29, 0.717) is 12.1 Å². The molecule has 3 aliphatic rings. The van der Waals surface area contributed by atoms with Crippen LogP contribution < -0.4 is 9.80 Å². The van der Waals surface area contributed by atoms with Crippen molar-refractivity contribution in [2.45, 2.75) is 51.1 Å². The van der Waals surface area contributed by atoms with Crippen molar-refractivity contribution >= 4 is 11.5 Å². The van der Waals surface area contributed by atoms with Gasteiger partial charge in [0, 0.05) is 79.6 Å². The molecule has 0 N–H and O–H groups in total. The van der Waals surface area contributed by atoms with E-state index in [2.05, 4.69) is 76.2 Å². The molecule has 1 atom stereocenters. The van der Waals surface area contributed by atoms with E-state index >= 15 is 0 Å². The van der Waals surface area contributed by atoms with Crippen molar-refractivity contribution in [1.82, 2.24) is 19.8 Å². The van der Waals surface area contributed by atoms with Crippen molar-refractivity contribution in [2.24, 2.45) is 7.05 Å². The summed E-state index contributed by atoms with van der Waals surface area (Å²) in [5.41, 5.74) is 9.30. The van der Waals surface area contributed by atoms with Crippen LogP contribution in [-0.2, 0) is 13.5 Å². The van der Waals surface area contributed by atoms with E-state index in [1.54, 1.807) is 6.26 Å². The fourth-order valence-corrected chi connectivity index (χ4v) is 6.31. The molecule has 196 valence electrons. The summed E-state index contributed by atoms with van der Waals surface area (Å²) in [6, 6.07) is 9.50. The van der Waals surface area contributed by atoms with Crippen LogP contribution in [0.5, 0.6) is 0 Å². The molecule has 5 heterocycles. The Labute approximate surface area is 249 Å². The van der Waals surface area contributed by atoms with Crippen molar-refractivity contribution < 1.29 is 35.6 Å². The molecular weight excluding hydrogens is 698 g/mol. The quantitative estimate of drug-likeness (QED) is 0.317. The summed E-state index contributed by atoms with van der Waals surface area (Å²) >= 11 is 0. The molecule has 3 aromatic rings. The zero-order valence-electron chi connectivity index (χ0n) is 22.4. The molecule has 0 spiro atoms. The van der Waals surface area contributed by atoms with Crippen LogP contribution in [0, 0.1) is 45.0 Å². The number of aryl methyl sites for hydroxylation is 2. The van der Waals surface area contributed by atoms with Gasteiger partial charge in [0.1, 0.15) is 6.26 Å². The Morgan fingerprint density at radius 1 is 1.11 bits per heavy atom. The Kier molecular flexibility index (Phi) is 8.12. The smallest absolute Gasteiger partial charge is 0.370 e. The van der Waals surface area contributed by atoms with Crippen molar-refractivity contribution in [1.29, 1.82) is 0 Å². The molecule has 7 nitrogen and oxygen atoms in total. The standard InChI is InChI=1S/C30H36N6O.U/c1-5-25(6-2)36-21(3)16-29(26-20-34(14-11-28(26)36)30-12-15-37-32-30)35-13-7-8-23-17-22(9-10-27(23)35)24-18-31-33(4)19-24;/h9-10,12,15-19,21,25H,1-2,5-8,11,13-14,20H2,3-4H3;/q-2;+2/t21-;/m0./s1. The average Bonchev–Trinajstić information content (AvgIpc) is 3.62. The number of fused-ring (bicyclic) bond motifs is 1. The molecule has 38 heavy (non-hydrogen) atoms. The second kappa shape index (κ2) is 11.4. The number of anilines is 2. The third-order valence-electron chi connectivity index (χ3n) is 8.11. The number of rotatable bonds is 6. The van der Waals surface area contributed by atoms with Gasteiger partial charge >= 0.3 is 31.1 Å². The van der Waals surface area contributed by atoms with Crippen LogP contribution in [0.1, 0.15) is 38.2 Å². The summed E-state index contributed by atoms with van der Waals surface area (Å²) < 4.78 is 7.05. The van der Waals surface area contributed by atoms with E-state index < -0.39 is 0 Å². The molecule has 0 fully saturated rings. The Morgan fingerprint density at radius 3 is 2.66 bits per heavy atom. The van der Waals surface area contributed by atoms with Crippen molar-refractivity contribution in [3.63, 3.8) is 0 Å². The second-order valence-electron chi connectivity index (χ2n) is 10.4. The molecule has 1 aromatic carbocycles. The first-order valence-electron chi connectivity index (χ1n) is 13.4. The van der Waals surface area contributed by atoms with Gasteiger partial charge in [0.2, 0.25) is 0 Å². The summed E-state index contributed by atoms with van der Waals surface area (Å²) in [4.78, 5) is 7.49. The predicted molar refractivity (Wildman–Crippen MR) is 148 cm³/mol. The van der Waals surface area contributed by atoms with Gasteiger partial charge in [-0.2, -0.15) is 17.9 Å². The molecule has 3 aliphatic heterocycles. The zero-order chi connectivity index (χ0) is 25.5. The molecule has 2 aromatic heterocycles. The Morgan fingerprint density at radius 2 is 1.95 bits per heavy atom. The van der Waals surface area contributed by atoms with Crippen molar-refractivity contribution in [3.8, 4) is 11.1 Å². The minimum atomic E-state index is 0. The Bertz CT molecular complexity index is 1320. The SMILES string of the molecule is [CH2-]CC(C[CH2-])N1C2=C(CN(c3ccon3)CC2)C(N2CCCc3cc(-c4cnn(C)c4)ccc32)=C[C@@H]1C.[U+2]. The molecule has 8 heteroatoms. The first-order valence-corrected chi connectivity index (χ1v) is 13.4. The van der Waals surface area contributed by atoms with Gasteiger partial charge in [-0.05, 0) is 55.1 Å². The van der Waals surface area contributed by atoms with E-state index in [1.165, 1.54) is 33.8 Å². The normalized spacial score (nSPS) is 19.3. The van der Waals surface area contributed by atoms with Gasteiger partial charge in [0.15, 0.2) is 5.82 Å². The molecule has 0 saturated heterocycles. The van der Waals surface area contributed by atoms with Crippen molar-refractivity contribution in [2.75, 3.05) is 29.4 Å². The van der Waals surface area contributed by atoms with Gasteiger partial charge in [-0.15, -0.1) is 0 Å². The van der Waals surface area contributed by atoms with Crippen LogP contribution in [0.2, 0.25) is 0 Å². The third kappa shape index (κ3) is 4.86. The monoisotopic (exact) mass is 734 g/mol. The van der Waals surface area contributed by atoms with Crippen LogP contribution in [0.15, 0.2) is 70.5 Å². The molecule has 6 rings (SSSR count). The minimum absolute atomic E-state index is 0. The maximum Gasteiger partial charge on any atom is 2.00 e. The van der Waals surface area contributed by atoms with Crippen LogP contribution in [0.3, 0.4) is 0 Å². The molecule has 0 bridgehead atoms. The molecule has 0 amide bonds. The first kappa shape index (κ1) is 27.2. The van der Waals surface area contributed by atoms with E-state index in [-0.39, 0.29) is 31.1 Å². The van der Waals surface area contributed by atoms with Gasteiger partial charge in [-0.3, -0.25) is 4.68 Å². The topological polar surface area (TPSA) is 53.6 Å². The van der Waals surface area contributed by atoms with Gasteiger partial charge in [-0.1, -0.05) is 11.2 Å². The zero-order valence-corrected chi connectivity index (χ0v) is 26.6. The average molecular weight is 735 g/mol. The summed E-state index contributed by atoms with van der Waals surface area (Å²) in [6.07, 6.45) is 13.1. The van der Waals surface area contributed by atoms with Crippen LogP contribution in [0.25, 0.3) is 11.1 Å². The second-order valence-corrected chi connectivity index (χ2v) is 10.4. The third-order valence-corrected chi connectivity index (χ3v) is 8.11. The predicted octanol–water partition coefficient (Wildman–Crippen LogP) is 5.40. The van der Waals surface area contributed by atoms with E-state index in [9.17, 15) is 0 Å². The van der Waals surface area contributed by atoms with E-state index in [4.69, 9.17) is 4.52 Å². The Hall–Kier alpha value is -2.43. The van der Waals surface area contributed by atoms with E-state index in [1.807, 2.05) is 24.0 Å². The molecule has 0 aliphatic carbocycles. The van der Waals surface area contributed by atoms with Crippen molar-refractivity contribution in [3.05, 3.63) is 85.4 Å². The molecule has 0 saturated carbocycles. The maximum atomic E-state index is 5.19. The molecule has 0 radical (unpaired) electrons. The fourth-order valence-electron chi connectivity index (χ4n) is 6.31. The van der Waals surface area contributed by atoms with Gasteiger partial charge in [-0.25, -0.2) is 0 Å².